The molecule has 1 heterocycles. The Morgan fingerprint density at radius 3 is 2.75 bits per heavy atom. The van der Waals surface area contributed by atoms with Crippen molar-refractivity contribution in [3.8, 4) is 0 Å². The van der Waals surface area contributed by atoms with E-state index in [1.807, 2.05) is 6.92 Å². The number of aromatic nitrogens is 2. The molecule has 0 fully saturated rings. The molecule has 0 saturated carbocycles. The van der Waals surface area contributed by atoms with Crippen molar-refractivity contribution in [3.63, 3.8) is 0 Å². The maximum Gasteiger partial charge on any atom is 0.319 e. The van der Waals surface area contributed by atoms with E-state index in [1.54, 1.807) is 0 Å². The van der Waals surface area contributed by atoms with Crippen LogP contribution in [0.5, 0.6) is 0 Å². The largest absolute Gasteiger partial charge is 0.381 e. The van der Waals surface area contributed by atoms with Crippen LogP contribution < -0.4 is 10.6 Å². The summed E-state index contributed by atoms with van der Waals surface area (Å²) >= 11 is 0. The molecular weight excluding hydrogens is 431 g/mol. The summed E-state index contributed by atoms with van der Waals surface area (Å²) in [6, 6.07) is 0. The molecule has 1 aromatic heterocycles. The van der Waals surface area contributed by atoms with Gasteiger partial charge in [0.25, 0.3) is 0 Å². The summed E-state index contributed by atoms with van der Waals surface area (Å²) in [7, 11) is 0. The van der Waals surface area contributed by atoms with Crippen molar-refractivity contribution in [2.75, 3.05) is 26.3 Å². The van der Waals surface area contributed by atoms with Gasteiger partial charge in [0.05, 0.1) is 0 Å². The van der Waals surface area contributed by atoms with Crippen LogP contribution in [-0.2, 0) is 11.3 Å². The molecule has 0 unspecified atom stereocenters. The van der Waals surface area contributed by atoms with Crippen LogP contribution in [-0.4, -0.2) is 41.8 Å². The molecule has 0 spiro atoms. The molecular formula is C15H28F2IN5O. The second-order valence-electron chi connectivity index (χ2n) is 5.47. The number of halogens is 3. The molecule has 9 heteroatoms. The molecule has 0 saturated heterocycles. The van der Waals surface area contributed by atoms with Crippen LogP contribution in [0.4, 0.5) is 8.78 Å². The zero-order valence-corrected chi connectivity index (χ0v) is 16.8. The van der Waals surface area contributed by atoms with E-state index in [9.17, 15) is 8.78 Å². The molecule has 0 aromatic carbocycles. The summed E-state index contributed by atoms with van der Waals surface area (Å²) < 4.78 is 31.8. The summed E-state index contributed by atoms with van der Waals surface area (Å²) in [5.74, 6) is 1.35. The topological polar surface area (TPSA) is 63.5 Å². The number of guanidine groups is 1. The molecule has 0 amide bonds. The van der Waals surface area contributed by atoms with E-state index in [4.69, 9.17) is 4.74 Å². The van der Waals surface area contributed by atoms with Crippen LogP contribution in [0.25, 0.3) is 0 Å². The van der Waals surface area contributed by atoms with Crippen LogP contribution in [0, 0.1) is 5.92 Å². The van der Waals surface area contributed by atoms with Gasteiger partial charge < -0.3 is 15.4 Å². The van der Waals surface area contributed by atoms with Gasteiger partial charge in [0.1, 0.15) is 12.4 Å². The van der Waals surface area contributed by atoms with Crippen molar-refractivity contribution < 1.29 is 13.5 Å². The number of ether oxygens (including phenoxy) is 1. The highest BCUT2D eigenvalue weighted by molar-refractivity contribution is 14.0. The van der Waals surface area contributed by atoms with Crippen molar-refractivity contribution in [2.24, 2.45) is 10.9 Å². The number of rotatable bonds is 10. The third kappa shape index (κ3) is 9.36. The smallest absolute Gasteiger partial charge is 0.319 e. The Morgan fingerprint density at radius 1 is 1.38 bits per heavy atom. The maximum atomic E-state index is 12.7. The molecule has 0 aliphatic heterocycles. The number of hydrogen-bond acceptors (Lipinski definition) is 3. The summed E-state index contributed by atoms with van der Waals surface area (Å²) in [6.07, 6.45) is 3.45. The van der Waals surface area contributed by atoms with Gasteiger partial charge in [-0.25, -0.2) is 9.98 Å². The van der Waals surface area contributed by atoms with Crippen LogP contribution in [0.1, 0.15) is 39.6 Å². The summed E-state index contributed by atoms with van der Waals surface area (Å²) in [5.41, 5.74) is 0. The number of nitrogens with zero attached hydrogens (tertiary/aromatic N) is 3. The summed E-state index contributed by atoms with van der Waals surface area (Å²) in [5, 5.41) is 6.23. The minimum absolute atomic E-state index is 0. The standard InChI is InChI=1S/C15H27F2N5O.HI/c1-4-18-15(20-6-5-9-23-11-12(2)3)21-10-13-19-7-8-22(13)14(16)17;/h7-8,12,14H,4-6,9-11H2,1-3H3,(H2,18,20,21);1H. The minimum atomic E-state index is -2.60. The van der Waals surface area contributed by atoms with Gasteiger partial charge in [0.2, 0.25) is 0 Å². The average Bonchev–Trinajstić information content (AvgIpc) is 2.96. The highest BCUT2D eigenvalue weighted by Gasteiger charge is 2.10. The third-order valence-electron chi connectivity index (χ3n) is 2.89. The second-order valence-corrected chi connectivity index (χ2v) is 5.47. The van der Waals surface area contributed by atoms with E-state index in [1.165, 1.54) is 12.4 Å². The van der Waals surface area contributed by atoms with Crippen molar-refractivity contribution in [2.45, 2.75) is 40.3 Å². The van der Waals surface area contributed by atoms with Crippen LogP contribution in [0.15, 0.2) is 17.4 Å². The van der Waals surface area contributed by atoms with Gasteiger partial charge in [-0.3, -0.25) is 4.57 Å². The number of hydrogen-bond donors (Lipinski definition) is 2. The lowest BCUT2D eigenvalue weighted by Crippen LogP contribution is -2.38. The molecule has 0 radical (unpaired) electrons. The Morgan fingerprint density at radius 2 is 2.12 bits per heavy atom. The lowest BCUT2D eigenvalue weighted by Gasteiger charge is -2.12. The van der Waals surface area contributed by atoms with E-state index >= 15 is 0 Å². The van der Waals surface area contributed by atoms with Crippen molar-refractivity contribution in [1.82, 2.24) is 20.2 Å². The van der Waals surface area contributed by atoms with Crippen LogP contribution >= 0.6 is 24.0 Å². The fraction of sp³-hybridized carbons (Fsp3) is 0.733. The Labute approximate surface area is 159 Å². The first kappa shape index (κ1) is 23.0. The van der Waals surface area contributed by atoms with Crippen molar-refractivity contribution >= 4 is 29.9 Å². The van der Waals surface area contributed by atoms with Crippen LogP contribution in [0.2, 0.25) is 0 Å². The van der Waals surface area contributed by atoms with Gasteiger partial charge in [-0.1, -0.05) is 13.8 Å². The SMILES string of the molecule is CCNC(=NCc1nccn1C(F)F)NCCCOCC(C)C.I. The number of nitrogens with one attached hydrogen (secondary N) is 2. The fourth-order valence-corrected chi connectivity index (χ4v) is 1.84. The van der Waals surface area contributed by atoms with Crippen LogP contribution in [0.3, 0.4) is 0 Å². The molecule has 0 aliphatic rings. The van der Waals surface area contributed by atoms with Crippen molar-refractivity contribution in [3.05, 3.63) is 18.2 Å². The van der Waals surface area contributed by atoms with E-state index in [-0.39, 0.29) is 36.3 Å². The Bertz CT molecular complexity index is 468. The number of imidazole rings is 1. The predicted octanol–water partition coefficient (Wildman–Crippen LogP) is 3.01. The first-order chi connectivity index (χ1) is 11.0. The third-order valence-corrected chi connectivity index (χ3v) is 2.89. The molecule has 2 N–H and O–H groups in total. The van der Waals surface area contributed by atoms with E-state index < -0.39 is 6.55 Å². The van der Waals surface area contributed by atoms with Gasteiger partial charge in [-0.2, -0.15) is 8.78 Å². The Kier molecular flexibility index (Phi) is 12.8. The van der Waals surface area contributed by atoms with Gasteiger partial charge in [0.15, 0.2) is 5.96 Å². The Hall–Kier alpha value is -0.970. The van der Waals surface area contributed by atoms with E-state index in [0.717, 1.165) is 17.6 Å². The summed E-state index contributed by atoms with van der Waals surface area (Å²) in [4.78, 5) is 8.19. The lowest BCUT2D eigenvalue weighted by atomic mass is 10.2. The quantitative estimate of drug-likeness (QED) is 0.245. The van der Waals surface area contributed by atoms with Gasteiger partial charge in [0, 0.05) is 38.7 Å². The molecule has 1 aromatic rings. The second kappa shape index (κ2) is 13.3. The average molecular weight is 459 g/mol. The first-order valence-corrected chi connectivity index (χ1v) is 7.94. The Balaban J connectivity index is 0.00000529. The molecule has 0 aliphatic carbocycles. The highest BCUT2D eigenvalue weighted by atomic mass is 127. The summed E-state index contributed by atoms with van der Waals surface area (Å²) in [6.45, 7) is 6.49. The highest BCUT2D eigenvalue weighted by Crippen LogP contribution is 2.12. The first-order valence-electron chi connectivity index (χ1n) is 7.94. The van der Waals surface area contributed by atoms with E-state index in [2.05, 4.69) is 34.5 Å². The number of aliphatic imine (C=N–C) groups is 1. The zero-order valence-electron chi connectivity index (χ0n) is 14.5. The molecule has 1 rings (SSSR count). The molecule has 0 atom stereocenters. The predicted molar refractivity (Wildman–Crippen MR) is 102 cm³/mol. The van der Waals surface area contributed by atoms with Gasteiger partial charge in [-0.05, 0) is 19.3 Å². The lowest BCUT2D eigenvalue weighted by molar-refractivity contribution is 0.0671. The zero-order chi connectivity index (χ0) is 17.1. The van der Waals surface area contributed by atoms with Gasteiger partial charge in [-0.15, -0.1) is 24.0 Å². The fourth-order valence-electron chi connectivity index (χ4n) is 1.84. The molecule has 0 bridgehead atoms. The molecule has 6 nitrogen and oxygen atoms in total. The number of alkyl halides is 2. The minimum Gasteiger partial charge on any atom is -0.381 e. The normalized spacial score (nSPS) is 11.7. The monoisotopic (exact) mass is 459 g/mol. The van der Waals surface area contributed by atoms with E-state index in [0.29, 0.717) is 31.6 Å². The maximum absolute atomic E-state index is 12.7. The van der Waals surface area contributed by atoms with Gasteiger partial charge >= 0.3 is 6.55 Å². The van der Waals surface area contributed by atoms with Crippen molar-refractivity contribution in [1.29, 1.82) is 0 Å². The molecule has 24 heavy (non-hydrogen) atoms. The molecule has 140 valence electrons.